The van der Waals surface area contributed by atoms with E-state index in [1.807, 2.05) is 14.0 Å². The topological polar surface area (TPSA) is 53.1 Å². The second-order valence-corrected chi connectivity index (χ2v) is 4.85. The minimum atomic E-state index is 0.729. The van der Waals surface area contributed by atoms with Crippen molar-refractivity contribution < 1.29 is 0 Å². The number of anilines is 2. The first-order chi connectivity index (χ1) is 8.72. The molecule has 1 saturated heterocycles. The summed E-state index contributed by atoms with van der Waals surface area (Å²) in [5.41, 5.74) is 0. The van der Waals surface area contributed by atoms with E-state index in [9.17, 15) is 0 Å². The normalized spacial score (nSPS) is 19.3. The zero-order chi connectivity index (χ0) is 13.0. The van der Waals surface area contributed by atoms with Gasteiger partial charge in [0.2, 0.25) is 0 Å². The van der Waals surface area contributed by atoms with Crippen LogP contribution in [0.5, 0.6) is 0 Å². The largest absolute Gasteiger partial charge is 0.370 e. The Labute approximate surface area is 109 Å². The first kappa shape index (κ1) is 13.1. The van der Waals surface area contributed by atoms with Crippen molar-refractivity contribution in [2.45, 2.75) is 20.3 Å². The fourth-order valence-electron chi connectivity index (χ4n) is 2.48. The molecule has 1 atom stereocenters. The van der Waals surface area contributed by atoms with E-state index in [0.717, 1.165) is 49.6 Å². The van der Waals surface area contributed by atoms with E-state index in [-0.39, 0.29) is 0 Å². The average Bonchev–Trinajstić information content (AvgIpc) is 2.78. The van der Waals surface area contributed by atoms with E-state index in [2.05, 4.69) is 38.5 Å². The van der Waals surface area contributed by atoms with Crippen molar-refractivity contribution in [3.8, 4) is 0 Å². The van der Waals surface area contributed by atoms with Crippen molar-refractivity contribution in [2.24, 2.45) is 5.92 Å². The molecule has 2 rings (SSSR count). The zero-order valence-electron chi connectivity index (χ0n) is 11.5. The molecule has 100 valence electrons. The lowest BCUT2D eigenvalue weighted by Crippen LogP contribution is -2.25. The molecule has 0 spiro atoms. The maximum atomic E-state index is 4.55. The number of hydrogen-bond acceptors (Lipinski definition) is 5. The van der Waals surface area contributed by atoms with Crippen LogP contribution in [-0.4, -0.2) is 43.2 Å². The number of aromatic nitrogens is 2. The van der Waals surface area contributed by atoms with Crippen LogP contribution in [0.15, 0.2) is 6.07 Å². The van der Waals surface area contributed by atoms with Gasteiger partial charge in [-0.1, -0.05) is 0 Å². The van der Waals surface area contributed by atoms with Crippen LogP contribution in [0.3, 0.4) is 0 Å². The molecule has 1 aromatic heterocycles. The zero-order valence-corrected chi connectivity index (χ0v) is 11.5. The summed E-state index contributed by atoms with van der Waals surface area (Å²) in [6.07, 6.45) is 1.24. The molecule has 1 aliphatic rings. The summed E-state index contributed by atoms with van der Waals surface area (Å²) in [6, 6.07) is 2.05. The van der Waals surface area contributed by atoms with Crippen LogP contribution >= 0.6 is 0 Å². The lowest BCUT2D eigenvalue weighted by molar-refractivity contribution is 0.549. The van der Waals surface area contributed by atoms with Gasteiger partial charge in [0.25, 0.3) is 0 Å². The predicted octanol–water partition coefficient (Wildman–Crippen LogP) is 1.26. The summed E-state index contributed by atoms with van der Waals surface area (Å²) < 4.78 is 0. The molecule has 5 heteroatoms. The van der Waals surface area contributed by atoms with Gasteiger partial charge in [0.1, 0.15) is 17.5 Å². The Morgan fingerprint density at radius 1 is 1.44 bits per heavy atom. The molecular weight excluding hydrogens is 226 g/mol. The van der Waals surface area contributed by atoms with Gasteiger partial charge in [-0.25, -0.2) is 9.97 Å². The Balaban J connectivity index is 2.08. The fraction of sp³-hybridized carbons (Fsp3) is 0.692. The Kier molecular flexibility index (Phi) is 4.36. The Bertz CT molecular complexity index is 393. The van der Waals surface area contributed by atoms with Gasteiger partial charge in [-0.05, 0) is 39.8 Å². The van der Waals surface area contributed by atoms with E-state index in [1.54, 1.807) is 0 Å². The predicted molar refractivity (Wildman–Crippen MR) is 75.2 cm³/mol. The van der Waals surface area contributed by atoms with Crippen LogP contribution < -0.4 is 15.5 Å². The van der Waals surface area contributed by atoms with Crippen molar-refractivity contribution in [2.75, 3.05) is 43.4 Å². The Hall–Kier alpha value is -1.36. The highest BCUT2D eigenvalue weighted by Crippen LogP contribution is 2.23. The van der Waals surface area contributed by atoms with Gasteiger partial charge in [-0.15, -0.1) is 0 Å². The number of rotatable bonds is 5. The van der Waals surface area contributed by atoms with Crippen molar-refractivity contribution in [1.82, 2.24) is 15.3 Å². The highest BCUT2D eigenvalue weighted by atomic mass is 15.2. The summed E-state index contributed by atoms with van der Waals surface area (Å²) in [4.78, 5) is 11.3. The summed E-state index contributed by atoms with van der Waals surface area (Å²) in [5.74, 6) is 3.54. The van der Waals surface area contributed by atoms with E-state index in [1.165, 1.54) is 6.42 Å². The molecule has 5 nitrogen and oxygen atoms in total. The highest BCUT2D eigenvalue weighted by Gasteiger charge is 2.23. The standard InChI is InChI=1S/C13H23N5/c1-4-15-12-7-13(17-10(2)16-12)18-6-5-11(9-18)8-14-3/h7,11,14H,4-6,8-9H2,1-3H3,(H,15,16,17). The van der Waals surface area contributed by atoms with E-state index >= 15 is 0 Å². The minimum Gasteiger partial charge on any atom is -0.370 e. The van der Waals surface area contributed by atoms with Crippen LogP contribution in [0.4, 0.5) is 11.6 Å². The Morgan fingerprint density at radius 3 is 3.00 bits per heavy atom. The second-order valence-electron chi connectivity index (χ2n) is 4.85. The molecule has 1 fully saturated rings. The molecule has 0 aromatic carbocycles. The maximum Gasteiger partial charge on any atom is 0.134 e. The molecule has 0 saturated carbocycles. The summed E-state index contributed by atoms with van der Waals surface area (Å²) in [7, 11) is 2.01. The third kappa shape index (κ3) is 3.10. The van der Waals surface area contributed by atoms with Gasteiger partial charge in [-0.3, -0.25) is 0 Å². The highest BCUT2D eigenvalue weighted by molar-refractivity contribution is 5.50. The quantitative estimate of drug-likeness (QED) is 0.823. The average molecular weight is 249 g/mol. The second kappa shape index (κ2) is 6.00. The SMILES string of the molecule is CCNc1cc(N2CCC(CNC)C2)nc(C)n1. The van der Waals surface area contributed by atoms with Gasteiger partial charge in [0.05, 0.1) is 0 Å². The molecule has 2 heterocycles. The first-order valence-corrected chi connectivity index (χ1v) is 6.72. The van der Waals surface area contributed by atoms with Gasteiger partial charge in [0, 0.05) is 25.7 Å². The van der Waals surface area contributed by atoms with E-state index in [4.69, 9.17) is 0 Å². The van der Waals surface area contributed by atoms with Crippen molar-refractivity contribution in [1.29, 1.82) is 0 Å². The van der Waals surface area contributed by atoms with Crippen LogP contribution in [0, 0.1) is 12.8 Å². The van der Waals surface area contributed by atoms with Gasteiger partial charge in [0.15, 0.2) is 0 Å². The fourth-order valence-corrected chi connectivity index (χ4v) is 2.48. The van der Waals surface area contributed by atoms with Crippen molar-refractivity contribution >= 4 is 11.6 Å². The lowest BCUT2D eigenvalue weighted by atomic mass is 10.1. The molecule has 18 heavy (non-hydrogen) atoms. The van der Waals surface area contributed by atoms with Crippen LogP contribution in [0.2, 0.25) is 0 Å². The number of nitrogens with one attached hydrogen (secondary N) is 2. The van der Waals surface area contributed by atoms with E-state index in [0.29, 0.717) is 0 Å². The smallest absolute Gasteiger partial charge is 0.134 e. The van der Waals surface area contributed by atoms with Gasteiger partial charge < -0.3 is 15.5 Å². The first-order valence-electron chi connectivity index (χ1n) is 6.72. The van der Waals surface area contributed by atoms with Gasteiger partial charge >= 0.3 is 0 Å². The molecule has 2 N–H and O–H groups in total. The molecule has 0 radical (unpaired) electrons. The molecule has 1 unspecified atom stereocenters. The summed E-state index contributed by atoms with van der Waals surface area (Å²) in [5, 5.41) is 6.51. The van der Waals surface area contributed by atoms with Crippen molar-refractivity contribution in [3.63, 3.8) is 0 Å². The number of hydrogen-bond donors (Lipinski definition) is 2. The molecule has 0 amide bonds. The van der Waals surface area contributed by atoms with Gasteiger partial charge in [-0.2, -0.15) is 0 Å². The number of nitrogens with zero attached hydrogens (tertiary/aromatic N) is 3. The Morgan fingerprint density at radius 2 is 2.28 bits per heavy atom. The molecule has 0 aliphatic carbocycles. The molecule has 1 aromatic rings. The van der Waals surface area contributed by atoms with E-state index < -0.39 is 0 Å². The van der Waals surface area contributed by atoms with Crippen molar-refractivity contribution in [3.05, 3.63) is 11.9 Å². The summed E-state index contributed by atoms with van der Waals surface area (Å²) in [6.45, 7) is 8.18. The summed E-state index contributed by atoms with van der Waals surface area (Å²) >= 11 is 0. The monoisotopic (exact) mass is 249 g/mol. The maximum absolute atomic E-state index is 4.55. The molecular formula is C13H23N5. The molecule has 0 bridgehead atoms. The minimum absolute atomic E-state index is 0.729. The molecule has 1 aliphatic heterocycles. The van der Waals surface area contributed by atoms with Crippen LogP contribution in [-0.2, 0) is 0 Å². The number of aryl methyl sites for hydroxylation is 1. The third-order valence-electron chi connectivity index (χ3n) is 3.28. The van der Waals surface area contributed by atoms with Crippen LogP contribution in [0.25, 0.3) is 0 Å². The van der Waals surface area contributed by atoms with Crippen LogP contribution in [0.1, 0.15) is 19.2 Å². The lowest BCUT2D eigenvalue weighted by Gasteiger charge is -2.18. The third-order valence-corrected chi connectivity index (χ3v) is 3.28.